The van der Waals surface area contributed by atoms with E-state index in [0.29, 0.717) is 0 Å². The monoisotopic (exact) mass is 330 g/mol. The molecule has 1 aliphatic heterocycles. The molecule has 126 valence electrons. The molecule has 0 aromatic heterocycles. The summed E-state index contributed by atoms with van der Waals surface area (Å²) in [7, 11) is -2.13. The number of hydrogen-bond acceptors (Lipinski definition) is 6. The van der Waals surface area contributed by atoms with Crippen molar-refractivity contribution in [2.45, 2.75) is 82.6 Å². The predicted molar refractivity (Wildman–Crippen MR) is 81.7 cm³/mol. The first kappa shape index (κ1) is 17.4. The van der Waals surface area contributed by atoms with Gasteiger partial charge in [0.2, 0.25) is 5.60 Å². The summed E-state index contributed by atoms with van der Waals surface area (Å²) in [6, 6.07) is 0. The van der Waals surface area contributed by atoms with Crippen molar-refractivity contribution in [1.29, 1.82) is 0 Å². The second kappa shape index (κ2) is 5.32. The van der Waals surface area contributed by atoms with Crippen LogP contribution in [0.1, 0.15) is 40.5 Å². The minimum atomic E-state index is -2.13. The summed E-state index contributed by atoms with van der Waals surface area (Å²) < 4.78 is 16.7. The number of fused-ring (bicyclic) bond motifs is 2. The van der Waals surface area contributed by atoms with Gasteiger partial charge in [0.1, 0.15) is 12.2 Å². The van der Waals surface area contributed by atoms with Crippen LogP contribution in [0.4, 0.5) is 0 Å². The highest BCUT2D eigenvalue weighted by Crippen LogP contribution is 2.45. The maximum Gasteiger partial charge on any atom is 0.351 e. The van der Waals surface area contributed by atoms with Crippen molar-refractivity contribution >= 4 is 20.3 Å². The van der Waals surface area contributed by atoms with Crippen molar-refractivity contribution in [3.8, 4) is 0 Å². The van der Waals surface area contributed by atoms with E-state index in [-0.39, 0.29) is 17.9 Å². The maximum absolute atomic E-state index is 12.1. The predicted octanol–water partition coefficient (Wildman–Crippen LogP) is 1.76. The van der Waals surface area contributed by atoms with Crippen molar-refractivity contribution in [3.63, 3.8) is 0 Å². The maximum atomic E-state index is 12.1. The molecular formula is C15H26O6Si. The average Bonchev–Trinajstić information content (AvgIpc) is 2.57. The molecule has 4 atom stereocenters. The Kier molecular flexibility index (Phi) is 4.21. The Balaban J connectivity index is 2.24. The lowest BCUT2D eigenvalue weighted by Gasteiger charge is -2.43. The standard InChI is InChI=1S/C15H26O6Si/c1-9(16)20-15-7-10(19-13(15)18)12(17)11(8-15)21-22(5,6)14(2,3)4/h10-12,17H,7-8H2,1-6H3/t10-,11-,12+,15-/m1/s1. The third-order valence-electron chi connectivity index (χ3n) is 5.05. The SMILES string of the molecule is CC(=O)O[C@@]12C[C@@H](OC1=O)[C@H](O)[C@H](O[Si](C)(C)C(C)(C)C)C2. The summed E-state index contributed by atoms with van der Waals surface area (Å²) in [6.45, 7) is 11.7. The molecule has 22 heavy (non-hydrogen) atoms. The van der Waals surface area contributed by atoms with Crippen molar-refractivity contribution in [2.75, 3.05) is 0 Å². The third kappa shape index (κ3) is 2.94. The Hall–Kier alpha value is -0.923. The van der Waals surface area contributed by atoms with E-state index in [0.717, 1.165) is 0 Å². The van der Waals surface area contributed by atoms with Crippen molar-refractivity contribution in [3.05, 3.63) is 0 Å². The van der Waals surface area contributed by atoms with Crippen LogP contribution in [0, 0.1) is 0 Å². The Labute approximate surface area is 132 Å². The first-order valence-electron chi connectivity index (χ1n) is 7.64. The Morgan fingerprint density at radius 1 is 1.36 bits per heavy atom. The second-order valence-electron chi connectivity index (χ2n) is 7.85. The van der Waals surface area contributed by atoms with Crippen LogP contribution >= 0.6 is 0 Å². The van der Waals surface area contributed by atoms with Gasteiger partial charge in [0.05, 0.1) is 6.10 Å². The summed E-state index contributed by atoms with van der Waals surface area (Å²) in [5.41, 5.74) is -1.30. The minimum absolute atomic E-state index is 0.0251. The molecule has 0 unspecified atom stereocenters. The van der Waals surface area contributed by atoms with E-state index in [1.165, 1.54) is 6.92 Å². The van der Waals surface area contributed by atoms with Crippen molar-refractivity contribution in [1.82, 2.24) is 0 Å². The van der Waals surface area contributed by atoms with Crippen LogP contribution in [0.3, 0.4) is 0 Å². The summed E-state index contributed by atoms with van der Waals surface area (Å²) in [5, 5.41) is 10.4. The molecule has 0 amide bonds. The molecule has 1 saturated heterocycles. The normalized spacial score (nSPS) is 35.2. The summed E-state index contributed by atoms with van der Waals surface area (Å²) in [5.74, 6) is -1.10. The summed E-state index contributed by atoms with van der Waals surface area (Å²) in [6.07, 6.45) is -1.77. The quantitative estimate of drug-likeness (QED) is 0.627. The number of aliphatic hydroxyl groups is 1. The molecule has 1 heterocycles. The van der Waals surface area contributed by atoms with Crippen LogP contribution in [0.5, 0.6) is 0 Å². The average molecular weight is 330 g/mol. The lowest BCUT2D eigenvalue weighted by Crippen LogP contribution is -2.56. The summed E-state index contributed by atoms with van der Waals surface area (Å²) in [4.78, 5) is 23.5. The largest absolute Gasteiger partial charge is 0.456 e. The number of esters is 2. The van der Waals surface area contributed by atoms with Gasteiger partial charge in [-0.3, -0.25) is 4.79 Å². The molecule has 2 rings (SSSR count). The van der Waals surface area contributed by atoms with Gasteiger partial charge < -0.3 is 19.0 Å². The van der Waals surface area contributed by atoms with E-state index in [4.69, 9.17) is 13.9 Å². The van der Waals surface area contributed by atoms with Gasteiger partial charge in [-0.2, -0.15) is 0 Å². The number of ether oxygens (including phenoxy) is 2. The van der Waals surface area contributed by atoms with Gasteiger partial charge in [0.15, 0.2) is 8.32 Å². The molecule has 1 saturated carbocycles. The Morgan fingerprint density at radius 3 is 2.45 bits per heavy atom. The number of aliphatic hydroxyl groups excluding tert-OH is 1. The van der Waals surface area contributed by atoms with E-state index in [2.05, 4.69) is 33.9 Å². The lowest BCUT2D eigenvalue weighted by atomic mass is 9.82. The van der Waals surface area contributed by atoms with Crippen LogP contribution in [-0.2, 0) is 23.5 Å². The fourth-order valence-electron chi connectivity index (χ4n) is 2.80. The zero-order chi connectivity index (χ0) is 16.9. The van der Waals surface area contributed by atoms with Crippen molar-refractivity contribution in [2.24, 2.45) is 0 Å². The third-order valence-corrected chi connectivity index (χ3v) is 9.55. The van der Waals surface area contributed by atoms with E-state index < -0.39 is 44.2 Å². The van der Waals surface area contributed by atoms with Gasteiger partial charge >= 0.3 is 11.9 Å². The zero-order valence-electron chi connectivity index (χ0n) is 14.1. The fourth-order valence-corrected chi connectivity index (χ4v) is 4.14. The summed E-state index contributed by atoms with van der Waals surface area (Å²) >= 11 is 0. The highest BCUT2D eigenvalue weighted by atomic mass is 28.4. The van der Waals surface area contributed by atoms with E-state index >= 15 is 0 Å². The van der Waals surface area contributed by atoms with Crippen LogP contribution in [0.15, 0.2) is 0 Å². The minimum Gasteiger partial charge on any atom is -0.456 e. The van der Waals surface area contributed by atoms with Gasteiger partial charge in [-0.05, 0) is 18.1 Å². The van der Waals surface area contributed by atoms with Gasteiger partial charge in [-0.1, -0.05) is 20.8 Å². The smallest absolute Gasteiger partial charge is 0.351 e. The van der Waals surface area contributed by atoms with Crippen LogP contribution in [0.2, 0.25) is 18.1 Å². The van der Waals surface area contributed by atoms with E-state index in [1.54, 1.807) is 0 Å². The molecule has 0 spiro atoms. The van der Waals surface area contributed by atoms with Gasteiger partial charge in [-0.15, -0.1) is 0 Å². The highest BCUT2D eigenvalue weighted by molar-refractivity contribution is 6.74. The molecule has 2 bridgehead atoms. The van der Waals surface area contributed by atoms with Crippen LogP contribution in [0.25, 0.3) is 0 Å². The van der Waals surface area contributed by atoms with Gasteiger partial charge in [-0.25, -0.2) is 4.79 Å². The van der Waals surface area contributed by atoms with Crippen LogP contribution < -0.4 is 0 Å². The number of carbonyl (C=O) groups excluding carboxylic acids is 2. The molecule has 0 aromatic rings. The first-order chi connectivity index (χ1) is 9.88. The van der Waals surface area contributed by atoms with Gasteiger partial charge in [0.25, 0.3) is 0 Å². The zero-order valence-corrected chi connectivity index (χ0v) is 15.1. The Morgan fingerprint density at radius 2 is 1.95 bits per heavy atom. The Bertz CT molecular complexity index is 483. The number of rotatable bonds is 3. The fraction of sp³-hybridized carbons (Fsp3) is 0.867. The van der Waals surface area contributed by atoms with Gasteiger partial charge in [0, 0.05) is 19.8 Å². The highest BCUT2D eigenvalue weighted by Gasteiger charge is 2.62. The first-order valence-corrected chi connectivity index (χ1v) is 10.6. The van der Waals surface area contributed by atoms with Crippen molar-refractivity contribution < 1.29 is 28.6 Å². The topological polar surface area (TPSA) is 82.1 Å². The molecule has 1 aliphatic carbocycles. The number of carbonyl (C=O) groups is 2. The molecule has 6 nitrogen and oxygen atoms in total. The van der Waals surface area contributed by atoms with Crippen LogP contribution in [-0.4, -0.2) is 49.3 Å². The molecule has 2 aliphatic rings. The second-order valence-corrected chi connectivity index (χ2v) is 12.6. The van der Waals surface area contributed by atoms with E-state index in [1.807, 2.05) is 0 Å². The molecule has 7 heteroatoms. The molecule has 2 fully saturated rings. The number of hydrogen-bond donors (Lipinski definition) is 1. The molecular weight excluding hydrogens is 304 g/mol. The molecule has 0 radical (unpaired) electrons. The lowest BCUT2D eigenvalue weighted by molar-refractivity contribution is -0.173. The molecule has 1 N–H and O–H groups in total. The molecule has 0 aromatic carbocycles. The van der Waals surface area contributed by atoms with E-state index in [9.17, 15) is 14.7 Å².